The van der Waals surface area contributed by atoms with Gasteiger partial charge in [0.1, 0.15) is 17.0 Å². The van der Waals surface area contributed by atoms with E-state index in [0.717, 1.165) is 30.6 Å². The van der Waals surface area contributed by atoms with Gasteiger partial charge in [-0.2, -0.15) is 0 Å². The predicted octanol–water partition coefficient (Wildman–Crippen LogP) is 2.44. The van der Waals surface area contributed by atoms with Gasteiger partial charge in [-0.05, 0) is 30.9 Å². The van der Waals surface area contributed by atoms with Crippen LogP contribution in [0.15, 0.2) is 23.6 Å². The quantitative estimate of drug-likeness (QED) is 0.891. The lowest BCUT2D eigenvalue weighted by molar-refractivity contribution is -0.0947. The molecule has 0 atom stereocenters. The van der Waals surface area contributed by atoms with E-state index >= 15 is 0 Å². The Hall–Kier alpha value is -2.12. The standard InChI is InChI=1S/C18H21N3O3S/c1-23-14-4-2-3-12-5-10-24-18(15(12)14)6-8-21(9-7-18)16(22)13-11-25-17(19)20-13/h2-4,11H,5-10H2,1H3,(H2,19,20). The third-order valence-corrected chi connectivity index (χ3v) is 5.81. The number of ether oxygens (including phenoxy) is 2. The van der Waals surface area contributed by atoms with Crippen molar-refractivity contribution >= 4 is 22.4 Å². The number of methoxy groups -OCH3 is 1. The van der Waals surface area contributed by atoms with Crippen molar-refractivity contribution < 1.29 is 14.3 Å². The average Bonchev–Trinajstić information content (AvgIpc) is 3.08. The number of likely N-dealkylation sites (tertiary alicyclic amines) is 1. The number of fused-ring (bicyclic) bond motifs is 2. The monoisotopic (exact) mass is 359 g/mol. The molecule has 1 aromatic heterocycles. The fraction of sp³-hybridized carbons (Fsp3) is 0.444. The molecule has 4 rings (SSSR count). The van der Waals surface area contributed by atoms with Gasteiger partial charge < -0.3 is 20.1 Å². The number of carbonyl (C=O) groups excluding carboxylic acids is 1. The highest BCUT2D eigenvalue weighted by atomic mass is 32.1. The summed E-state index contributed by atoms with van der Waals surface area (Å²) < 4.78 is 11.9. The maximum absolute atomic E-state index is 12.6. The third kappa shape index (κ3) is 2.77. The zero-order valence-electron chi connectivity index (χ0n) is 14.2. The van der Waals surface area contributed by atoms with Gasteiger partial charge >= 0.3 is 0 Å². The molecule has 0 aliphatic carbocycles. The molecule has 1 fully saturated rings. The number of nitrogens with two attached hydrogens (primary N) is 1. The van der Waals surface area contributed by atoms with Gasteiger partial charge in [0, 0.05) is 24.0 Å². The van der Waals surface area contributed by atoms with Crippen LogP contribution >= 0.6 is 11.3 Å². The number of thiazole rings is 1. The van der Waals surface area contributed by atoms with Crippen LogP contribution in [-0.4, -0.2) is 42.6 Å². The van der Waals surface area contributed by atoms with E-state index in [2.05, 4.69) is 11.1 Å². The van der Waals surface area contributed by atoms with E-state index in [9.17, 15) is 4.79 Å². The van der Waals surface area contributed by atoms with Crippen LogP contribution in [0.5, 0.6) is 5.75 Å². The number of rotatable bonds is 2. The van der Waals surface area contributed by atoms with Crippen LogP contribution in [0.4, 0.5) is 5.13 Å². The predicted molar refractivity (Wildman–Crippen MR) is 96.0 cm³/mol. The second-order valence-electron chi connectivity index (χ2n) is 6.45. The van der Waals surface area contributed by atoms with E-state index in [0.29, 0.717) is 30.5 Å². The summed E-state index contributed by atoms with van der Waals surface area (Å²) in [6.45, 7) is 1.97. The summed E-state index contributed by atoms with van der Waals surface area (Å²) in [4.78, 5) is 18.5. The summed E-state index contributed by atoms with van der Waals surface area (Å²) in [7, 11) is 1.70. The van der Waals surface area contributed by atoms with Crippen LogP contribution in [0.3, 0.4) is 0 Å². The number of hydrogen-bond acceptors (Lipinski definition) is 6. The van der Waals surface area contributed by atoms with Gasteiger partial charge in [-0.3, -0.25) is 4.79 Å². The van der Waals surface area contributed by atoms with Crippen molar-refractivity contribution in [3.63, 3.8) is 0 Å². The van der Waals surface area contributed by atoms with Gasteiger partial charge in [-0.1, -0.05) is 12.1 Å². The van der Waals surface area contributed by atoms with Crippen molar-refractivity contribution in [3.05, 3.63) is 40.4 Å². The number of amides is 1. The fourth-order valence-corrected chi connectivity index (χ4v) is 4.45. The summed E-state index contributed by atoms with van der Waals surface area (Å²) in [6.07, 6.45) is 2.41. The largest absolute Gasteiger partial charge is 0.496 e. The number of piperidine rings is 1. The van der Waals surface area contributed by atoms with E-state index in [1.807, 2.05) is 17.0 Å². The number of benzene rings is 1. The van der Waals surface area contributed by atoms with Crippen LogP contribution in [0.1, 0.15) is 34.5 Å². The highest BCUT2D eigenvalue weighted by Crippen LogP contribution is 2.45. The van der Waals surface area contributed by atoms with Crippen molar-refractivity contribution in [2.75, 3.05) is 32.5 Å². The molecule has 0 radical (unpaired) electrons. The van der Waals surface area contributed by atoms with Gasteiger partial charge in [0.25, 0.3) is 5.91 Å². The zero-order chi connectivity index (χ0) is 17.4. The van der Waals surface area contributed by atoms with E-state index in [1.165, 1.54) is 16.9 Å². The molecule has 6 nitrogen and oxygen atoms in total. The van der Waals surface area contributed by atoms with E-state index in [-0.39, 0.29) is 11.5 Å². The highest BCUT2D eigenvalue weighted by molar-refractivity contribution is 7.13. The van der Waals surface area contributed by atoms with Crippen molar-refractivity contribution in [1.29, 1.82) is 0 Å². The normalized spacial score (nSPS) is 18.8. The number of anilines is 1. The molecule has 1 aromatic carbocycles. The van der Waals surface area contributed by atoms with Crippen LogP contribution in [0.25, 0.3) is 0 Å². The minimum Gasteiger partial charge on any atom is -0.496 e. The van der Waals surface area contributed by atoms with Gasteiger partial charge in [0.05, 0.1) is 13.7 Å². The van der Waals surface area contributed by atoms with Gasteiger partial charge in [-0.15, -0.1) is 11.3 Å². The maximum atomic E-state index is 12.6. The zero-order valence-corrected chi connectivity index (χ0v) is 15.0. The summed E-state index contributed by atoms with van der Waals surface area (Å²) in [5.74, 6) is 0.822. The summed E-state index contributed by atoms with van der Waals surface area (Å²) >= 11 is 1.29. The van der Waals surface area contributed by atoms with Gasteiger partial charge in [0.15, 0.2) is 5.13 Å². The minimum absolute atomic E-state index is 0.0566. The summed E-state index contributed by atoms with van der Waals surface area (Å²) in [6, 6.07) is 6.17. The Kier molecular flexibility index (Phi) is 4.13. The van der Waals surface area contributed by atoms with Crippen molar-refractivity contribution in [2.24, 2.45) is 0 Å². The van der Waals surface area contributed by atoms with Crippen LogP contribution in [0, 0.1) is 0 Å². The third-order valence-electron chi connectivity index (χ3n) is 5.14. The Balaban J connectivity index is 1.57. The van der Waals surface area contributed by atoms with Gasteiger partial charge in [-0.25, -0.2) is 4.98 Å². The van der Waals surface area contributed by atoms with Crippen LogP contribution in [0.2, 0.25) is 0 Å². The Bertz CT molecular complexity index is 782. The van der Waals surface area contributed by atoms with Crippen LogP contribution in [-0.2, 0) is 16.8 Å². The highest BCUT2D eigenvalue weighted by Gasteiger charge is 2.43. The lowest BCUT2D eigenvalue weighted by atomic mass is 9.78. The molecule has 1 amide bonds. The second-order valence-corrected chi connectivity index (χ2v) is 7.34. The fourth-order valence-electron chi connectivity index (χ4n) is 3.91. The number of aromatic nitrogens is 1. The Labute approximate surface area is 150 Å². The van der Waals surface area contributed by atoms with Crippen molar-refractivity contribution in [2.45, 2.75) is 24.9 Å². The van der Waals surface area contributed by atoms with E-state index in [4.69, 9.17) is 15.2 Å². The molecule has 2 aromatic rings. The van der Waals surface area contributed by atoms with Crippen LogP contribution < -0.4 is 10.5 Å². The topological polar surface area (TPSA) is 77.7 Å². The van der Waals surface area contributed by atoms with Crippen molar-refractivity contribution in [3.8, 4) is 5.75 Å². The Morgan fingerprint density at radius 1 is 1.40 bits per heavy atom. The molecule has 0 unspecified atom stereocenters. The SMILES string of the molecule is COc1cccc2c1C1(CCN(C(=O)c3csc(N)n3)CC1)OCC2. The summed E-state index contributed by atoms with van der Waals surface area (Å²) in [5.41, 5.74) is 8.16. The van der Waals surface area contributed by atoms with Gasteiger partial charge in [0.2, 0.25) is 0 Å². The second kappa shape index (κ2) is 6.31. The number of carbonyl (C=O) groups is 1. The molecule has 132 valence electrons. The molecular weight excluding hydrogens is 338 g/mol. The first-order valence-electron chi connectivity index (χ1n) is 8.43. The molecule has 25 heavy (non-hydrogen) atoms. The number of nitrogens with zero attached hydrogens (tertiary/aromatic N) is 2. The number of hydrogen-bond donors (Lipinski definition) is 1. The molecule has 2 aliphatic rings. The summed E-state index contributed by atoms with van der Waals surface area (Å²) in [5, 5.41) is 2.14. The molecule has 1 saturated heterocycles. The molecule has 1 spiro atoms. The van der Waals surface area contributed by atoms with Crippen molar-refractivity contribution in [1.82, 2.24) is 9.88 Å². The molecule has 7 heteroatoms. The lowest BCUT2D eigenvalue weighted by Gasteiger charge is -2.45. The molecular formula is C18H21N3O3S. The number of nitrogen functional groups attached to an aromatic ring is 1. The Morgan fingerprint density at radius 2 is 2.20 bits per heavy atom. The van der Waals surface area contributed by atoms with E-state index < -0.39 is 0 Å². The first kappa shape index (κ1) is 16.4. The first-order chi connectivity index (χ1) is 12.1. The first-order valence-corrected chi connectivity index (χ1v) is 9.31. The van der Waals surface area contributed by atoms with E-state index in [1.54, 1.807) is 12.5 Å². The molecule has 0 bridgehead atoms. The smallest absolute Gasteiger partial charge is 0.273 e. The average molecular weight is 359 g/mol. The molecule has 0 saturated carbocycles. The minimum atomic E-state index is -0.363. The Morgan fingerprint density at radius 3 is 2.88 bits per heavy atom. The maximum Gasteiger partial charge on any atom is 0.273 e. The molecule has 3 heterocycles. The lowest BCUT2D eigenvalue weighted by Crippen LogP contribution is -2.48. The molecule has 2 aliphatic heterocycles. The molecule has 2 N–H and O–H groups in total.